The van der Waals surface area contributed by atoms with Crippen molar-refractivity contribution in [1.82, 2.24) is 19.4 Å². The van der Waals surface area contributed by atoms with Crippen LogP contribution in [0.2, 0.25) is 0 Å². The summed E-state index contributed by atoms with van der Waals surface area (Å²) < 4.78 is 7.91. The van der Waals surface area contributed by atoms with Gasteiger partial charge in [-0.1, -0.05) is 42.5 Å². The molecular formula is C27H30N4O3. The molecule has 0 bridgehead atoms. The normalized spacial score (nSPS) is 20.4. The van der Waals surface area contributed by atoms with E-state index in [-0.39, 0.29) is 12.0 Å². The molecule has 1 spiro atoms. The summed E-state index contributed by atoms with van der Waals surface area (Å²) >= 11 is 0. The summed E-state index contributed by atoms with van der Waals surface area (Å²) in [5.41, 5.74) is 2.48. The van der Waals surface area contributed by atoms with Crippen LogP contribution in [-0.4, -0.2) is 63.1 Å². The third-order valence-electron chi connectivity index (χ3n) is 6.84. The second-order valence-corrected chi connectivity index (χ2v) is 9.29. The maximum atomic E-state index is 13.3. The molecule has 2 aliphatic rings. The first kappa shape index (κ1) is 22.2. The highest BCUT2D eigenvalue weighted by Crippen LogP contribution is 2.33. The van der Waals surface area contributed by atoms with E-state index in [0.717, 1.165) is 24.8 Å². The van der Waals surface area contributed by atoms with E-state index in [2.05, 4.69) is 17.1 Å². The van der Waals surface area contributed by atoms with Gasteiger partial charge in [0.1, 0.15) is 5.60 Å². The number of carbonyl (C=O) groups excluding carboxylic acids is 2. The SMILES string of the molecule is O=C1O[C@@]2(CCCN(C(=O)c3cccc(Cn4ccnc4)c3)CC2)CN1CCc1ccccc1. The molecule has 2 aromatic carbocycles. The van der Waals surface area contributed by atoms with Crippen LogP contribution in [-0.2, 0) is 17.7 Å². The van der Waals surface area contributed by atoms with E-state index in [1.165, 1.54) is 5.56 Å². The first-order valence-corrected chi connectivity index (χ1v) is 12.0. The van der Waals surface area contributed by atoms with Crippen LogP contribution in [0.4, 0.5) is 4.79 Å². The molecule has 1 aromatic heterocycles. The molecule has 5 rings (SSSR count). The summed E-state index contributed by atoms with van der Waals surface area (Å²) in [6, 6.07) is 18.0. The molecule has 0 saturated carbocycles. The Morgan fingerprint density at radius 3 is 2.71 bits per heavy atom. The molecule has 0 N–H and O–H groups in total. The van der Waals surface area contributed by atoms with Gasteiger partial charge in [-0.2, -0.15) is 0 Å². The zero-order chi connectivity index (χ0) is 23.4. The summed E-state index contributed by atoms with van der Waals surface area (Å²) in [4.78, 5) is 33.7. The van der Waals surface area contributed by atoms with Crippen LogP contribution in [0.1, 0.15) is 40.7 Å². The quantitative estimate of drug-likeness (QED) is 0.560. The Balaban J connectivity index is 1.20. The molecule has 2 amide bonds. The van der Waals surface area contributed by atoms with Crippen molar-refractivity contribution in [2.75, 3.05) is 26.2 Å². The van der Waals surface area contributed by atoms with Gasteiger partial charge in [-0.15, -0.1) is 0 Å². The number of ether oxygens (including phenoxy) is 1. The van der Waals surface area contributed by atoms with E-state index < -0.39 is 5.60 Å². The molecule has 2 aliphatic heterocycles. The van der Waals surface area contributed by atoms with E-state index in [0.29, 0.717) is 44.7 Å². The fourth-order valence-electron chi connectivity index (χ4n) is 4.98. The smallest absolute Gasteiger partial charge is 0.410 e. The number of rotatable bonds is 6. The second-order valence-electron chi connectivity index (χ2n) is 9.29. The minimum absolute atomic E-state index is 0.0368. The molecule has 2 fully saturated rings. The van der Waals surface area contributed by atoms with Crippen LogP contribution in [0.25, 0.3) is 0 Å². The van der Waals surface area contributed by atoms with Gasteiger partial charge in [0.15, 0.2) is 0 Å². The van der Waals surface area contributed by atoms with Gasteiger partial charge < -0.3 is 19.1 Å². The lowest BCUT2D eigenvalue weighted by atomic mass is 9.95. The monoisotopic (exact) mass is 458 g/mol. The van der Waals surface area contributed by atoms with E-state index in [1.807, 2.05) is 63.0 Å². The Morgan fingerprint density at radius 1 is 1.03 bits per heavy atom. The van der Waals surface area contributed by atoms with E-state index >= 15 is 0 Å². The number of hydrogen-bond acceptors (Lipinski definition) is 4. The van der Waals surface area contributed by atoms with Gasteiger partial charge in [0, 0.05) is 50.6 Å². The largest absolute Gasteiger partial charge is 0.441 e. The van der Waals surface area contributed by atoms with Crippen molar-refractivity contribution < 1.29 is 14.3 Å². The third-order valence-corrected chi connectivity index (χ3v) is 6.84. The number of hydrogen-bond donors (Lipinski definition) is 0. The highest BCUT2D eigenvalue weighted by atomic mass is 16.6. The minimum Gasteiger partial charge on any atom is -0.441 e. The maximum absolute atomic E-state index is 13.3. The van der Waals surface area contributed by atoms with Crippen LogP contribution in [0.15, 0.2) is 73.3 Å². The van der Waals surface area contributed by atoms with Crippen molar-refractivity contribution in [1.29, 1.82) is 0 Å². The molecule has 0 aliphatic carbocycles. The lowest BCUT2D eigenvalue weighted by molar-refractivity contribution is 0.0438. The van der Waals surface area contributed by atoms with Gasteiger partial charge in [0.25, 0.3) is 5.91 Å². The molecule has 1 atom stereocenters. The van der Waals surface area contributed by atoms with Crippen molar-refractivity contribution >= 4 is 12.0 Å². The Kier molecular flexibility index (Phi) is 6.34. The van der Waals surface area contributed by atoms with Crippen molar-refractivity contribution in [2.45, 2.75) is 37.8 Å². The Labute approximate surface area is 200 Å². The molecule has 7 heteroatoms. The van der Waals surface area contributed by atoms with E-state index in [4.69, 9.17) is 4.74 Å². The predicted octanol–water partition coefficient (Wildman–Crippen LogP) is 3.99. The summed E-state index contributed by atoms with van der Waals surface area (Å²) in [6.07, 6.45) is 8.28. The number of aromatic nitrogens is 2. The minimum atomic E-state index is -0.494. The Bertz CT molecular complexity index is 1130. The number of amides is 2. The van der Waals surface area contributed by atoms with Crippen LogP contribution in [0.5, 0.6) is 0 Å². The van der Waals surface area contributed by atoms with Gasteiger partial charge in [0.2, 0.25) is 0 Å². The summed E-state index contributed by atoms with van der Waals surface area (Å²) in [5.74, 6) is 0.0368. The number of nitrogens with zero attached hydrogens (tertiary/aromatic N) is 4. The number of benzene rings is 2. The third kappa shape index (κ3) is 4.98. The molecule has 3 aromatic rings. The average Bonchev–Trinajstić information content (AvgIpc) is 3.42. The first-order valence-electron chi connectivity index (χ1n) is 12.0. The van der Waals surface area contributed by atoms with Crippen molar-refractivity contribution in [3.8, 4) is 0 Å². The van der Waals surface area contributed by atoms with Gasteiger partial charge in [-0.25, -0.2) is 9.78 Å². The van der Waals surface area contributed by atoms with Crippen molar-refractivity contribution in [3.05, 3.63) is 90.0 Å². The van der Waals surface area contributed by atoms with Crippen LogP contribution >= 0.6 is 0 Å². The average molecular weight is 459 g/mol. The molecule has 3 heterocycles. The van der Waals surface area contributed by atoms with Gasteiger partial charge in [-0.3, -0.25) is 4.79 Å². The fraction of sp³-hybridized carbons (Fsp3) is 0.370. The lowest BCUT2D eigenvalue weighted by Crippen LogP contribution is -2.37. The summed E-state index contributed by atoms with van der Waals surface area (Å²) in [5, 5.41) is 0. The van der Waals surface area contributed by atoms with E-state index in [1.54, 1.807) is 12.5 Å². The predicted molar refractivity (Wildman–Crippen MR) is 128 cm³/mol. The Morgan fingerprint density at radius 2 is 1.88 bits per heavy atom. The summed E-state index contributed by atoms with van der Waals surface area (Å²) in [7, 11) is 0. The molecule has 0 unspecified atom stereocenters. The highest BCUT2D eigenvalue weighted by Gasteiger charge is 2.45. The lowest BCUT2D eigenvalue weighted by Gasteiger charge is -2.25. The zero-order valence-electron chi connectivity index (χ0n) is 19.3. The zero-order valence-corrected chi connectivity index (χ0v) is 19.3. The molecule has 0 radical (unpaired) electrons. The van der Waals surface area contributed by atoms with Gasteiger partial charge in [-0.05, 0) is 42.5 Å². The van der Waals surface area contributed by atoms with Crippen LogP contribution < -0.4 is 0 Å². The van der Waals surface area contributed by atoms with Gasteiger partial charge >= 0.3 is 6.09 Å². The topological polar surface area (TPSA) is 67.7 Å². The summed E-state index contributed by atoms with van der Waals surface area (Å²) in [6.45, 7) is 3.19. The standard InChI is InChI=1S/C27H30N4O3/c32-25(24-9-4-8-23(18-24)19-29-17-13-28-21-29)30-14-5-11-27(12-16-30)20-31(26(33)34-27)15-10-22-6-2-1-3-7-22/h1-4,6-9,13,17-18,21H,5,10-12,14-16,19-20H2/t27-/m1/s1. The maximum Gasteiger partial charge on any atom is 0.410 e. The molecule has 7 nitrogen and oxygen atoms in total. The van der Waals surface area contributed by atoms with Crippen LogP contribution in [0, 0.1) is 0 Å². The number of carbonyl (C=O) groups is 2. The first-order chi connectivity index (χ1) is 16.6. The highest BCUT2D eigenvalue weighted by molar-refractivity contribution is 5.94. The van der Waals surface area contributed by atoms with Crippen molar-refractivity contribution in [3.63, 3.8) is 0 Å². The molecule has 176 valence electrons. The fourth-order valence-corrected chi connectivity index (χ4v) is 4.98. The Hall–Kier alpha value is -3.61. The van der Waals surface area contributed by atoms with Crippen LogP contribution in [0.3, 0.4) is 0 Å². The molecule has 34 heavy (non-hydrogen) atoms. The van der Waals surface area contributed by atoms with Gasteiger partial charge in [0.05, 0.1) is 12.9 Å². The van der Waals surface area contributed by atoms with E-state index in [9.17, 15) is 9.59 Å². The van der Waals surface area contributed by atoms with Crippen molar-refractivity contribution in [2.24, 2.45) is 0 Å². The molecular weight excluding hydrogens is 428 g/mol. The second kappa shape index (κ2) is 9.71. The molecule has 2 saturated heterocycles. The number of imidazole rings is 1. The number of likely N-dealkylation sites (tertiary alicyclic amines) is 1.